The van der Waals surface area contributed by atoms with Crippen molar-refractivity contribution >= 4 is 40.2 Å². The predicted molar refractivity (Wildman–Crippen MR) is 130 cm³/mol. The molecule has 3 aromatic rings. The van der Waals surface area contributed by atoms with Crippen LogP contribution in [0.25, 0.3) is 11.0 Å². The van der Waals surface area contributed by atoms with Crippen LogP contribution in [0.4, 0.5) is 16.3 Å². The van der Waals surface area contributed by atoms with Crippen molar-refractivity contribution in [2.45, 2.75) is 0 Å². The first-order valence-electron chi connectivity index (χ1n) is 10.6. The molecule has 0 aliphatic carbocycles. The number of benzene rings is 2. The molecule has 2 amide bonds. The number of anilines is 2. The Labute approximate surface area is 202 Å². The van der Waals surface area contributed by atoms with Gasteiger partial charge in [0.2, 0.25) is 5.75 Å². The number of nitrogens with one attached hydrogen (secondary N) is 1. The largest absolute Gasteiger partial charge is 0.493 e. The Morgan fingerprint density at radius 3 is 2.15 bits per heavy atom. The number of urea groups is 1. The second-order valence-electron chi connectivity index (χ2n) is 7.50. The van der Waals surface area contributed by atoms with Crippen LogP contribution < -0.4 is 29.2 Å². The molecule has 1 aromatic heterocycles. The van der Waals surface area contributed by atoms with E-state index in [1.54, 1.807) is 44.4 Å². The molecule has 1 aliphatic rings. The molecular formula is C23H26ClN5O5. The van der Waals surface area contributed by atoms with Crippen molar-refractivity contribution in [2.24, 2.45) is 0 Å². The summed E-state index contributed by atoms with van der Waals surface area (Å²) in [5.74, 6) is 2.19. The second-order valence-corrected chi connectivity index (χ2v) is 7.94. The van der Waals surface area contributed by atoms with E-state index < -0.39 is 0 Å². The van der Waals surface area contributed by atoms with E-state index in [4.69, 9.17) is 30.5 Å². The molecule has 2 aromatic carbocycles. The van der Waals surface area contributed by atoms with E-state index in [-0.39, 0.29) is 17.7 Å². The summed E-state index contributed by atoms with van der Waals surface area (Å²) in [5.41, 5.74) is 2.11. The highest BCUT2D eigenvalue weighted by Crippen LogP contribution is 2.41. The number of rotatable bonds is 6. The van der Waals surface area contributed by atoms with Gasteiger partial charge in [-0.1, -0.05) is 11.6 Å². The highest BCUT2D eigenvalue weighted by atomic mass is 35.5. The zero-order chi connectivity index (χ0) is 24.2. The summed E-state index contributed by atoms with van der Waals surface area (Å²) in [4.78, 5) is 25.7. The lowest BCUT2D eigenvalue weighted by molar-refractivity contribution is 0.208. The third-order valence-corrected chi connectivity index (χ3v) is 5.83. The summed E-state index contributed by atoms with van der Waals surface area (Å²) < 4.78 is 21.6. The van der Waals surface area contributed by atoms with Crippen LogP contribution in [-0.4, -0.2) is 75.5 Å². The molecule has 0 radical (unpaired) electrons. The minimum atomic E-state index is -0.279. The zero-order valence-corrected chi connectivity index (χ0v) is 20.2. The molecular weight excluding hydrogens is 462 g/mol. The maximum atomic E-state index is 13.0. The number of halogens is 1. The van der Waals surface area contributed by atoms with Crippen LogP contribution in [0, 0.1) is 0 Å². The fourth-order valence-electron chi connectivity index (χ4n) is 3.83. The van der Waals surface area contributed by atoms with Crippen LogP contribution in [0.3, 0.4) is 0 Å². The first-order valence-corrected chi connectivity index (χ1v) is 11.0. The average Bonchev–Trinajstić information content (AvgIpc) is 2.87. The minimum absolute atomic E-state index is 0.235. The van der Waals surface area contributed by atoms with Gasteiger partial charge >= 0.3 is 6.03 Å². The van der Waals surface area contributed by atoms with Crippen LogP contribution in [0.2, 0.25) is 5.02 Å². The van der Waals surface area contributed by atoms with E-state index >= 15 is 0 Å². The maximum Gasteiger partial charge on any atom is 0.323 e. The van der Waals surface area contributed by atoms with Gasteiger partial charge in [-0.3, -0.25) is 5.32 Å². The van der Waals surface area contributed by atoms with Gasteiger partial charge in [-0.2, -0.15) is 0 Å². The highest BCUT2D eigenvalue weighted by molar-refractivity contribution is 6.31. The Bertz CT molecular complexity index is 1170. The number of nitrogens with zero attached hydrogens (tertiary/aromatic N) is 4. The molecule has 0 unspecified atom stereocenters. The predicted octanol–water partition coefficient (Wildman–Crippen LogP) is 3.67. The summed E-state index contributed by atoms with van der Waals surface area (Å²) in [7, 11) is 6.22. The molecule has 0 bridgehead atoms. The number of aromatic nitrogens is 2. The Hall–Kier alpha value is -3.66. The first kappa shape index (κ1) is 23.5. The van der Waals surface area contributed by atoms with Gasteiger partial charge in [-0.25, -0.2) is 14.8 Å². The molecule has 0 spiro atoms. The van der Waals surface area contributed by atoms with Gasteiger partial charge in [0.05, 0.1) is 39.5 Å². The smallest absolute Gasteiger partial charge is 0.323 e. The Balaban J connectivity index is 1.46. The SMILES string of the molecule is COc1cc(N2CCN(C(=O)Nc3nc4cc(Cl)ccc4nc3OC)CC2)cc(OC)c1OC. The monoisotopic (exact) mass is 487 g/mol. The molecule has 180 valence electrons. The summed E-state index contributed by atoms with van der Waals surface area (Å²) >= 11 is 6.07. The van der Waals surface area contributed by atoms with Gasteiger partial charge in [-0.05, 0) is 18.2 Å². The topological polar surface area (TPSA) is 98.3 Å². The van der Waals surface area contributed by atoms with Gasteiger partial charge in [0, 0.05) is 49.0 Å². The van der Waals surface area contributed by atoms with Crippen LogP contribution >= 0.6 is 11.6 Å². The van der Waals surface area contributed by atoms with Crippen LogP contribution in [0.15, 0.2) is 30.3 Å². The van der Waals surface area contributed by atoms with E-state index in [2.05, 4.69) is 20.2 Å². The molecule has 0 atom stereocenters. The number of carbonyl (C=O) groups is 1. The summed E-state index contributed by atoms with van der Waals surface area (Å²) in [5, 5.41) is 3.35. The number of piperazine rings is 1. The Morgan fingerprint density at radius 1 is 0.882 bits per heavy atom. The van der Waals surface area contributed by atoms with Crippen molar-refractivity contribution in [1.82, 2.24) is 14.9 Å². The molecule has 1 fully saturated rings. The summed E-state index contributed by atoms with van der Waals surface area (Å²) in [6.45, 7) is 2.28. The van der Waals surface area contributed by atoms with E-state index in [9.17, 15) is 4.79 Å². The normalized spacial score (nSPS) is 13.6. The highest BCUT2D eigenvalue weighted by Gasteiger charge is 2.25. The van der Waals surface area contributed by atoms with Gasteiger partial charge < -0.3 is 28.7 Å². The number of amides is 2. The minimum Gasteiger partial charge on any atom is -0.493 e. The maximum absolute atomic E-state index is 13.0. The fraction of sp³-hybridized carbons (Fsp3) is 0.348. The van der Waals surface area contributed by atoms with Gasteiger partial charge in [0.1, 0.15) is 0 Å². The number of ether oxygens (including phenoxy) is 4. The van der Waals surface area contributed by atoms with Crippen LogP contribution in [-0.2, 0) is 0 Å². The van der Waals surface area contributed by atoms with Crippen molar-refractivity contribution < 1.29 is 23.7 Å². The van der Waals surface area contributed by atoms with E-state index in [1.165, 1.54) is 7.11 Å². The third-order valence-electron chi connectivity index (χ3n) is 5.59. The molecule has 1 aliphatic heterocycles. The van der Waals surface area contributed by atoms with Crippen molar-refractivity contribution in [2.75, 3.05) is 64.8 Å². The average molecular weight is 488 g/mol. The van der Waals surface area contributed by atoms with Crippen molar-refractivity contribution in [3.8, 4) is 23.1 Å². The molecule has 0 saturated carbocycles. The third kappa shape index (κ3) is 4.67. The van der Waals surface area contributed by atoms with Crippen LogP contribution in [0.5, 0.6) is 23.1 Å². The number of methoxy groups -OCH3 is 4. The van der Waals surface area contributed by atoms with E-state index in [0.29, 0.717) is 59.5 Å². The second kappa shape index (κ2) is 10.1. The summed E-state index contributed by atoms with van der Waals surface area (Å²) in [6.07, 6.45) is 0. The molecule has 1 saturated heterocycles. The molecule has 2 heterocycles. The molecule has 34 heavy (non-hydrogen) atoms. The first-order chi connectivity index (χ1) is 16.5. The lowest BCUT2D eigenvalue weighted by atomic mass is 10.2. The van der Waals surface area contributed by atoms with Crippen molar-refractivity contribution in [1.29, 1.82) is 0 Å². The zero-order valence-electron chi connectivity index (χ0n) is 19.4. The Morgan fingerprint density at radius 2 is 1.56 bits per heavy atom. The van der Waals surface area contributed by atoms with Gasteiger partial charge in [-0.15, -0.1) is 0 Å². The number of hydrogen-bond acceptors (Lipinski definition) is 8. The number of fused-ring (bicyclic) bond motifs is 1. The molecule has 1 N–H and O–H groups in total. The standard InChI is InChI=1S/C23H26ClN5O5/c1-31-18-12-15(13-19(32-2)20(18)33-3)28-7-9-29(10-8-28)23(30)27-21-22(34-4)26-16-6-5-14(24)11-17(16)25-21/h5-6,11-13H,7-10H2,1-4H3,(H,25,27,30). The van der Waals surface area contributed by atoms with E-state index in [1.807, 2.05) is 12.1 Å². The fourth-order valence-corrected chi connectivity index (χ4v) is 4.00. The van der Waals surface area contributed by atoms with Gasteiger partial charge in [0.25, 0.3) is 5.88 Å². The Kier molecular flexibility index (Phi) is 6.97. The van der Waals surface area contributed by atoms with Crippen molar-refractivity contribution in [3.63, 3.8) is 0 Å². The van der Waals surface area contributed by atoms with Gasteiger partial charge in [0.15, 0.2) is 17.3 Å². The lowest BCUT2D eigenvalue weighted by Gasteiger charge is -2.36. The number of carbonyl (C=O) groups excluding carboxylic acids is 1. The lowest BCUT2D eigenvalue weighted by Crippen LogP contribution is -2.50. The molecule has 10 nitrogen and oxygen atoms in total. The van der Waals surface area contributed by atoms with E-state index in [0.717, 1.165) is 5.69 Å². The summed E-state index contributed by atoms with van der Waals surface area (Å²) in [6, 6.07) is 8.69. The quantitative estimate of drug-likeness (QED) is 0.562. The van der Waals surface area contributed by atoms with Crippen molar-refractivity contribution in [3.05, 3.63) is 35.4 Å². The van der Waals surface area contributed by atoms with Crippen LogP contribution in [0.1, 0.15) is 0 Å². The molecule has 11 heteroatoms. The number of hydrogen-bond donors (Lipinski definition) is 1. The molecule has 4 rings (SSSR count).